The molecule has 1 aliphatic rings. The van der Waals surface area contributed by atoms with Gasteiger partial charge in [-0.3, -0.25) is 4.90 Å². The van der Waals surface area contributed by atoms with Gasteiger partial charge in [0.25, 0.3) is 0 Å². The van der Waals surface area contributed by atoms with Crippen molar-refractivity contribution in [2.45, 2.75) is 19.5 Å². The van der Waals surface area contributed by atoms with Gasteiger partial charge in [-0.25, -0.2) is 0 Å². The summed E-state index contributed by atoms with van der Waals surface area (Å²) >= 11 is 0. The molecule has 0 aromatic heterocycles. The van der Waals surface area contributed by atoms with Crippen LogP contribution in [-0.2, 0) is 6.54 Å². The molecule has 2 N–H and O–H groups in total. The van der Waals surface area contributed by atoms with Gasteiger partial charge >= 0.3 is 0 Å². The molecule has 1 atom stereocenters. The summed E-state index contributed by atoms with van der Waals surface area (Å²) < 4.78 is 5.55. The van der Waals surface area contributed by atoms with Crippen LogP contribution in [0.4, 0.5) is 0 Å². The van der Waals surface area contributed by atoms with E-state index >= 15 is 0 Å². The second-order valence-corrected chi connectivity index (χ2v) is 5.20. The molecule has 0 amide bonds. The normalized spacial score (nSPS) is 21.5. The van der Waals surface area contributed by atoms with Crippen molar-refractivity contribution in [1.82, 2.24) is 9.80 Å². The van der Waals surface area contributed by atoms with Crippen LogP contribution in [0.1, 0.15) is 12.5 Å². The van der Waals surface area contributed by atoms with E-state index in [1.165, 1.54) is 5.56 Å². The summed E-state index contributed by atoms with van der Waals surface area (Å²) in [5.74, 6) is 0.957. The van der Waals surface area contributed by atoms with Crippen LogP contribution in [0.3, 0.4) is 0 Å². The number of hydrogen-bond acceptors (Lipinski definition) is 4. The molecule has 1 aromatic carbocycles. The largest absolute Gasteiger partial charge is 0.494 e. The topological polar surface area (TPSA) is 41.7 Å². The average Bonchev–Trinajstić information content (AvgIpc) is 2.41. The van der Waals surface area contributed by atoms with Gasteiger partial charge in [-0.15, -0.1) is 0 Å². The minimum absolute atomic E-state index is 0.453. The Bertz CT molecular complexity index is 397. The molecular formula is C15H25N3O. The van der Waals surface area contributed by atoms with E-state index in [-0.39, 0.29) is 0 Å². The first kappa shape index (κ1) is 14.3. The Hall–Kier alpha value is -1.10. The van der Waals surface area contributed by atoms with Crippen LogP contribution in [0.25, 0.3) is 0 Å². The van der Waals surface area contributed by atoms with E-state index in [0.717, 1.165) is 38.5 Å². The lowest BCUT2D eigenvalue weighted by molar-refractivity contribution is 0.0880. The van der Waals surface area contributed by atoms with Gasteiger partial charge in [-0.1, -0.05) is 12.1 Å². The van der Waals surface area contributed by atoms with Gasteiger partial charge in [0.1, 0.15) is 5.75 Å². The molecule has 0 bridgehead atoms. The van der Waals surface area contributed by atoms with Crippen LogP contribution in [0.5, 0.6) is 5.75 Å². The second kappa shape index (κ2) is 6.89. The monoisotopic (exact) mass is 263 g/mol. The van der Waals surface area contributed by atoms with Crippen LogP contribution in [0, 0.1) is 0 Å². The Morgan fingerprint density at radius 3 is 2.95 bits per heavy atom. The Morgan fingerprint density at radius 1 is 1.37 bits per heavy atom. The molecule has 4 heteroatoms. The van der Waals surface area contributed by atoms with Crippen LogP contribution in [-0.4, -0.2) is 55.7 Å². The highest BCUT2D eigenvalue weighted by atomic mass is 16.5. The van der Waals surface area contributed by atoms with Crippen LogP contribution >= 0.6 is 0 Å². The van der Waals surface area contributed by atoms with Crippen LogP contribution < -0.4 is 10.5 Å². The van der Waals surface area contributed by atoms with Gasteiger partial charge in [0.15, 0.2) is 0 Å². The van der Waals surface area contributed by atoms with E-state index in [9.17, 15) is 0 Å². The van der Waals surface area contributed by atoms with Crippen molar-refractivity contribution in [2.24, 2.45) is 5.73 Å². The molecule has 0 radical (unpaired) electrons. The predicted molar refractivity (Wildman–Crippen MR) is 78.4 cm³/mol. The lowest BCUT2D eigenvalue weighted by Gasteiger charge is -2.39. The van der Waals surface area contributed by atoms with E-state index in [2.05, 4.69) is 35.0 Å². The Labute approximate surface area is 116 Å². The summed E-state index contributed by atoms with van der Waals surface area (Å²) in [6.07, 6.45) is 0. The second-order valence-electron chi connectivity index (χ2n) is 5.20. The summed E-state index contributed by atoms with van der Waals surface area (Å²) in [6.45, 7) is 7.65. The van der Waals surface area contributed by atoms with Crippen LogP contribution in [0.15, 0.2) is 24.3 Å². The molecule has 1 fully saturated rings. The van der Waals surface area contributed by atoms with Gasteiger partial charge in [-0.05, 0) is 31.7 Å². The third-order valence-corrected chi connectivity index (χ3v) is 3.67. The number of piperazine rings is 1. The molecule has 19 heavy (non-hydrogen) atoms. The van der Waals surface area contributed by atoms with Crippen molar-refractivity contribution in [2.75, 3.05) is 39.8 Å². The van der Waals surface area contributed by atoms with E-state index in [1.54, 1.807) is 0 Å². The molecule has 106 valence electrons. The zero-order valence-corrected chi connectivity index (χ0v) is 12.0. The Kier molecular flexibility index (Phi) is 5.19. The number of likely N-dealkylation sites (N-methyl/N-ethyl adjacent to an activating group) is 1. The Balaban J connectivity index is 2.01. The van der Waals surface area contributed by atoms with Crippen molar-refractivity contribution in [3.63, 3.8) is 0 Å². The highest BCUT2D eigenvalue weighted by Gasteiger charge is 2.23. The molecule has 1 aromatic rings. The molecule has 0 spiro atoms. The molecule has 0 saturated carbocycles. The maximum absolute atomic E-state index is 5.89. The first-order valence-corrected chi connectivity index (χ1v) is 7.07. The van der Waals surface area contributed by atoms with E-state index in [1.807, 2.05) is 13.0 Å². The highest BCUT2D eigenvalue weighted by Crippen LogP contribution is 2.17. The number of benzene rings is 1. The number of ether oxygens (including phenoxy) is 1. The highest BCUT2D eigenvalue weighted by molar-refractivity contribution is 5.28. The van der Waals surface area contributed by atoms with Crippen molar-refractivity contribution in [3.05, 3.63) is 29.8 Å². The zero-order valence-electron chi connectivity index (χ0n) is 12.0. The lowest BCUT2D eigenvalue weighted by Crippen LogP contribution is -2.54. The number of rotatable bonds is 5. The van der Waals surface area contributed by atoms with Gasteiger partial charge in [0.05, 0.1) is 6.61 Å². The lowest BCUT2D eigenvalue weighted by atomic mass is 10.1. The molecule has 4 nitrogen and oxygen atoms in total. The fourth-order valence-electron chi connectivity index (χ4n) is 2.61. The first-order valence-electron chi connectivity index (χ1n) is 7.07. The summed E-state index contributed by atoms with van der Waals surface area (Å²) in [5, 5.41) is 0. The SMILES string of the molecule is CCOc1cccc(CN2CCN(C)CC2CN)c1. The molecule has 1 saturated heterocycles. The summed E-state index contributed by atoms with van der Waals surface area (Å²) in [6, 6.07) is 8.82. The van der Waals surface area contributed by atoms with Crippen molar-refractivity contribution < 1.29 is 4.74 Å². The smallest absolute Gasteiger partial charge is 0.119 e. The van der Waals surface area contributed by atoms with E-state index in [4.69, 9.17) is 10.5 Å². The average molecular weight is 263 g/mol. The van der Waals surface area contributed by atoms with Crippen molar-refractivity contribution >= 4 is 0 Å². The number of nitrogens with two attached hydrogens (primary N) is 1. The maximum atomic E-state index is 5.89. The molecule has 0 aliphatic carbocycles. The quantitative estimate of drug-likeness (QED) is 0.865. The molecule has 2 rings (SSSR count). The van der Waals surface area contributed by atoms with E-state index < -0.39 is 0 Å². The number of hydrogen-bond donors (Lipinski definition) is 1. The molecule has 1 heterocycles. The minimum atomic E-state index is 0.453. The summed E-state index contributed by atoms with van der Waals surface area (Å²) in [4.78, 5) is 4.83. The minimum Gasteiger partial charge on any atom is -0.494 e. The first-order chi connectivity index (χ1) is 9.22. The molecule has 1 aliphatic heterocycles. The summed E-state index contributed by atoms with van der Waals surface area (Å²) in [7, 11) is 2.16. The van der Waals surface area contributed by atoms with Gasteiger partial charge in [-0.2, -0.15) is 0 Å². The standard InChI is InChI=1S/C15H25N3O/c1-3-19-15-6-4-5-13(9-15)11-18-8-7-17(2)12-14(18)10-16/h4-6,9,14H,3,7-8,10-12,16H2,1-2H3. The van der Waals surface area contributed by atoms with E-state index in [0.29, 0.717) is 12.6 Å². The predicted octanol–water partition coefficient (Wildman–Crippen LogP) is 1.16. The fraction of sp³-hybridized carbons (Fsp3) is 0.600. The van der Waals surface area contributed by atoms with Crippen molar-refractivity contribution in [3.8, 4) is 5.75 Å². The van der Waals surface area contributed by atoms with Crippen molar-refractivity contribution in [1.29, 1.82) is 0 Å². The zero-order chi connectivity index (χ0) is 13.7. The Morgan fingerprint density at radius 2 is 2.21 bits per heavy atom. The molecular weight excluding hydrogens is 238 g/mol. The van der Waals surface area contributed by atoms with Gasteiger partial charge in [0.2, 0.25) is 0 Å². The third-order valence-electron chi connectivity index (χ3n) is 3.67. The number of nitrogens with zero attached hydrogens (tertiary/aromatic N) is 2. The summed E-state index contributed by atoms with van der Waals surface area (Å²) in [5.41, 5.74) is 7.19. The third kappa shape index (κ3) is 3.93. The maximum Gasteiger partial charge on any atom is 0.119 e. The fourth-order valence-corrected chi connectivity index (χ4v) is 2.61. The van der Waals surface area contributed by atoms with Gasteiger partial charge < -0.3 is 15.4 Å². The van der Waals surface area contributed by atoms with Crippen LogP contribution in [0.2, 0.25) is 0 Å². The molecule has 1 unspecified atom stereocenters. The van der Waals surface area contributed by atoms with Gasteiger partial charge in [0, 0.05) is 38.8 Å².